The number of alkyl halides is 1. The minimum absolute atomic E-state index is 0.000396. The van der Waals surface area contributed by atoms with Crippen LogP contribution in [-0.4, -0.2) is 34.1 Å². The van der Waals surface area contributed by atoms with Crippen molar-refractivity contribution < 1.29 is 24.6 Å². The number of hydrogen-bond donors (Lipinski definition) is 2. The molecule has 2 N–H and O–H groups in total. The third-order valence-corrected chi connectivity index (χ3v) is 2.66. The number of aliphatic hydroxyl groups is 1. The minimum atomic E-state index is -1.76. The molecule has 1 rings (SSSR count). The molecule has 0 aromatic heterocycles. The summed E-state index contributed by atoms with van der Waals surface area (Å²) in [5.41, 5.74) is 0.591. The first-order valence-electron chi connectivity index (χ1n) is 5.06. The fraction of sp³-hybridized carbons (Fsp3) is 0.250. The molecular formula is C12H11ClO5. The van der Waals surface area contributed by atoms with Crippen molar-refractivity contribution in [1.82, 2.24) is 0 Å². The number of Topliss-reactive ketones (excluding diaryl/α,β-unsaturated/α-hetero) is 1. The molecule has 1 atom stereocenters. The van der Waals surface area contributed by atoms with E-state index in [0.29, 0.717) is 11.8 Å². The maximum atomic E-state index is 11.1. The van der Waals surface area contributed by atoms with Crippen molar-refractivity contribution in [3.63, 3.8) is 0 Å². The second-order valence-electron chi connectivity index (χ2n) is 3.67. The molecule has 5 nitrogen and oxygen atoms in total. The first kappa shape index (κ1) is 14.3. The number of aldehydes is 1. The Labute approximate surface area is 108 Å². The molecule has 0 saturated carbocycles. The quantitative estimate of drug-likeness (QED) is 0.593. The summed E-state index contributed by atoms with van der Waals surface area (Å²) in [7, 11) is 0. The largest absolute Gasteiger partial charge is 0.479 e. The van der Waals surface area contributed by atoms with Crippen LogP contribution < -0.4 is 0 Å². The summed E-state index contributed by atoms with van der Waals surface area (Å²) in [6.07, 6.45) is -1.26. The van der Waals surface area contributed by atoms with Crippen molar-refractivity contribution in [2.75, 3.05) is 5.88 Å². The Morgan fingerprint density at radius 3 is 2.56 bits per heavy atom. The van der Waals surface area contributed by atoms with Crippen molar-refractivity contribution in [3.05, 3.63) is 34.9 Å². The van der Waals surface area contributed by atoms with Gasteiger partial charge in [0, 0.05) is 17.5 Å². The highest BCUT2D eigenvalue weighted by Gasteiger charge is 2.19. The van der Waals surface area contributed by atoms with Crippen LogP contribution in [0.4, 0.5) is 0 Å². The number of aliphatic hydroxyl groups excluding tert-OH is 1. The average molecular weight is 271 g/mol. The fourth-order valence-corrected chi connectivity index (χ4v) is 1.59. The van der Waals surface area contributed by atoms with Gasteiger partial charge in [0.05, 0.1) is 5.88 Å². The molecule has 0 spiro atoms. The van der Waals surface area contributed by atoms with E-state index in [-0.39, 0.29) is 29.2 Å². The van der Waals surface area contributed by atoms with Crippen molar-refractivity contribution in [3.8, 4) is 0 Å². The predicted molar refractivity (Wildman–Crippen MR) is 63.9 cm³/mol. The van der Waals surface area contributed by atoms with E-state index < -0.39 is 12.1 Å². The van der Waals surface area contributed by atoms with Crippen LogP contribution >= 0.6 is 11.6 Å². The van der Waals surface area contributed by atoms with Crippen LogP contribution in [0.2, 0.25) is 0 Å². The summed E-state index contributed by atoms with van der Waals surface area (Å²) >= 11 is 5.36. The predicted octanol–water partition coefficient (Wildman–Crippen LogP) is 0.968. The van der Waals surface area contributed by atoms with Crippen LogP contribution in [0.5, 0.6) is 0 Å². The lowest BCUT2D eigenvalue weighted by molar-refractivity contribution is -0.147. The lowest BCUT2D eigenvalue weighted by Crippen LogP contribution is -2.13. The average Bonchev–Trinajstić information content (AvgIpc) is 2.37. The molecule has 0 amide bonds. The second kappa shape index (κ2) is 6.28. The zero-order chi connectivity index (χ0) is 13.7. The molecule has 1 unspecified atom stereocenters. The summed E-state index contributed by atoms with van der Waals surface area (Å²) in [4.78, 5) is 32.6. The highest BCUT2D eigenvalue weighted by Crippen LogP contribution is 2.19. The number of carbonyl (C=O) groups excluding carboxylic acids is 2. The molecule has 0 radical (unpaired) electrons. The number of hydrogen-bond acceptors (Lipinski definition) is 4. The van der Waals surface area contributed by atoms with E-state index in [0.717, 1.165) is 0 Å². The third-order valence-electron chi connectivity index (χ3n) is 2.36. The number of halogens is 1. The van der Waals surface area contributed by atoms with Crippen LogP contribution in [0.15, 0.2) is 18.2 Å². The summed E-state index contributed by atoms with van der Waals surface area (Å²) in [6.45, 7) is 0. The molecule has 6 heteroatoms. The smallest absolute Gasteiger partial charge is 0.337 e. The highest BCUT2D eigenvalue weighted by molar-refractivity contribution is 6.27. The van der Waals surface area contributed by atoms with Crippen LogP contribution in [0.1, 0.15) is 27.6 Å². The number of carboxylic acids is 1. The van der Waals surface area contributed by atoms with E-state index in [1.54, 1.807) is 0 Å². The van der Waals surface area contributed by atoms with Crippen molar-refractivity contribution >= 4 is 29.6 Å². The summed E-state index contributed by atoms with van der Waals surface area (Å²) in [5.74, 6) is -1.78. The van der Waals surface area contributed by atoms with Crippen LogP contribution in [0, 0.1) is 0 Å². The van der Waals surface area contributed by atoms with Gasteiger partial charge in [-0.05, 0) is 11.6 Å². The van der Waals surface area contributed by atoms with Gasteiger partial charge in [0.15, 0.2) is 11.9 Å². The molecule has 1 aromatic rings. The van der Waals surface area contributed by atoms with E-state index in [9.17, 15) is 19.5 Å². The molecule has 1 aromatic carbocycles. The molecule has 18 heavy (non-hydrogen) atoms. The van der Waals surface area contributed by atoms with Crippen LogP contribution in [0.25, 0.3) is 0 Å². The van der Waals surface area contributed by atoms with Gasteiger partial charge in [-0.1, -0.05) is 12.1 Å². The molecule has 0 bridgehead atoms. The van der Waals surface area contributed by atoms with Gasteiger partial charge >= 0.3 is 5.97 Å². The zero-order valence-electron chi connectivity index (χ0n) is 9.30. The van der Waals surface area contributed by atoms with E-state index in [4.69, 9.17) is 16.7 Å². The highest BCUT2D eigenvalue weighted by atomic mass is 35.5. The van der Waals surface area contributed by atoms with Gasteiger partial charge < -0.3 is 10.2 Å². The Kier molecular flexibility index (Phi) is 5.00. The first-order chi connectivity index (χ1) is 8.49. The van der Waals surface area contributed by atoms with Gasteiger partial charge in [-0.15, -0.1) is 11.6 Å². The molecule has 0 saturated heterocycles. The summed E-state index contributed by atoms with van der Waals surface area (Å²) in [6, 6.07) is 4.18. The topological polar surface area (TPSA) is 91.7 Å². The minimum Gasteiger partial charge on any atom is -0.479 e. The Bertz CT molecular complexity index is 483. The molecule has 0 fully saturated rings. The maximum Gasteiger partial charge on any atom is 0.337 e. The number of rotatable bonds is 6. The van der Waals surface area contributed by atoms with Crippen LogP contribution in [0.3, 0.4) is 0 Å². The standard InChI is InChI=1S/C12H11ClO5/c13-5-9(15)4-7-1-2-10(8(3-7)6-14)11(16)12(17)18/h1-3,6,11,16H,4-5H2,(H,17,18). The van der Waals surface area contributed by atoms with Gasteiger partial charge in [-0.25, -0.2) is 4.79 Å². The second-order valence-corrected chi connectivity index (χ2v) is 3.94. The monoisotopic (exact) mass is 270 g/mol. The lowest BCUT2D eigenvalue weighted by atomic mass is 9.98. The number of carbonyl (C=O) groups is 3. The van der Waals surface area contributed by atoms with Gasteiger partial charge in [-0.3, -0.25) is 9.59 Å². The van der Waals surface area contributed by atoms with Crippen molar-refractivity contribution in [1.29, 1.82) is 0 Å². The van der Waals surface area contributed by atoms with Gasteiger partial charge in [0.1, 0.15) is 6.29 Å². The molecule has 0 heterocycles. The Morgan fingerprint density at radius 2 is 2.06 bits per heavy atom. The van der Waals surface area contributed by atoms with Crippen molar-refractivity contribution in [2.45, 2.75) is 12.5 Å². The van der Waals surface area contributed by atoms with Gasteiger partial charge in [0.2, 0.25) is 0 Å². The molecule has 0 aliphatic carbocycles. The van der Waals surface area contributed by atoms with Gasteiger partial charge in [0.25, 0.3) is 0 Å². The Hall–Kier alpha value is -1.72. The van der Waals surface area contributed by atoms with Crippen LogP contribution in [-0.2, 0) is 16.0 Å². The van der Waals surface area contributed by atoms with E-state index in [1.807, 2.05) is 0 Å². The molecule has 96 valence electrons. The lowest BCUT2D eigenvalue weighted by Gasteiger charge is -2.10. The fourth-order valence-electron chi connectivity index (χ4n) is 1.49. The van der Waals surface area contributed by atoms with E-state index in [2.05, 4.69) is 0 Å². The Balaban J connectivity index is 3.07. The molecule has 0 aliphatic rings. The summed E-state index contributed by atoms with van der Waals surface area (Å²) in [5, 5.41) is 18.1. The van der Waals surface area contributed by atoms with Gasteiger partial charge in [-0.2, -0.15) is 0 Å². The molecular weight excluding hydrogens is 260 g/mol. The van der Waals surface area contributed by atoms with E-state index in [1.165, 1.54) is 18.2 Å². The SMILES string of the molecule is O=Cc1cc(CC(=O)CCl)ccc1C(O)C(=O)O. The zero-order valence-corrected chi connectivity index (χ0v) is 10.1. The first-order valence-corrected chi connectivity index (χ1v) is 5.59. The number of aliphatic carboxylic acids is 1. The van der Waals surface area contributed by atoms with E-state index >= 15 is 0 Å². The normalized spacial score (nSPS) is 11.9. The third kappa shape index (κ3) is 3.38. The maximum absolute atomic E-state index is 11.1. The number of ketones is 1. The number of carboxylic acid groups (broad SMARTS) is 1. The number of benzene rings is 1. The Morgan fingerprint density at radius 1 is 1.39 bits per heavy atom. The summed E-state index contributed by atoms with van der Waals surface area (Å²) < 4.78 is 0. The van der Waals surface area contributed by atoms with Crippen molar-refractivity contribution in [2.24, 2.45) is 0 Å². The molecule has 0 aliphatic heterocycles.